The number of hydrogen-bond acceptors (Lipinski definition) is 0. The third-order valence-electron chi connectivity index (χ3n) is 11.3. The summed E-state index contributed by atoms with van der Waals surface area (Å²) < 4.78 is 0. The summed E-state index contributed by atoms with van der Waals surface area (Å²) in [6, 6.07) is 0. The zero-order valence-electron chi connectivity index (χ0n) is 24.9. The smallest absolute Gasteiger partial charge is 0.0411 e. The molecular formula is C39H82. The predicted molar refractivity (Wildman–Crippen MR) is 184 cm³/mol. The third kappa shape index (κ3) is 15.7. The summed E-state index contributed by atoms with van der Waals surface area (Å²) in [4.78, 5) is 0. The predicted octanol–water partition coefficient (Wildman–Crippen LogP) is 14.6. The topological polar surface area (TPSA) is 0 Å². The molecule has 4 aliphatic carbocycles. The third-order valence-corrected chi connectivity index (χ3v) is 11.3. The van der Waals surface area contributed by atoms with Crippen molar-refractivity contribution in [3.8, 4) is 0 Å². The maximum absolute atomic E-state index is 2.44. The van der Waals surface area contributed by atoms with Crippen LogP contribution in [0, 0.1) is 47.3 Å². The molecule has 238 valence electrons. The molecule has 4 rings (SSSR count). The first-order chi connectivity index (χ1) is 17.1. The van der Waals surface area contributed by atoms with Gasteiger partial charge in [-0.2, -0.15) is 0 Å². The van der Waals surface area contributed by atoms with E-state index in [1.165, 1.54) is 70.6 Å². The first kappa shape index (κ1) is 41.1. The quantitative estimate of drug-likeness (QED) is 0.268. The van der Waals surface area contributed by atoms with Gasteiger partial charge in [-0.05, 0) is 60.2 Å². The molecule has 0 bridgehead atoms. The summed E-state index contributed by atoms with van der Waals surface area (Å²) >= 11 is 0. The highest BCUT2D eigenvalue weighted by molar-refractivity contribution is 4.79. The molecule has 0 amide bonds. The molecule has 4 saturated carbocycles. The van der Waals surface area contributed by atoms with Gasteiger partial charge in [0.2, 0.25) is 0 Å². The molecule has 0 unspecified atom stereocenters. The number of hydrogen-bond donors (Lipinski definition) is 0. The summed E-state index contributed by atoms with van der Waals surface area (Å²) in [5.41, 5.74) is 0. The van der Waals surface area contributed by atoms with Crippen LogP contribution in [0.1, 0.15) is 205 Å². The maximum Gasteiger partial charge on any atom is -0.0411 e. The van der Waals surface area contributed by atoms with Crippen LogP contribution in [0.3, 0.4) is 0 Å². The highest BCUT2D eigenvalue weighted by Gasteiger charge is 2.27. The Balaban J connectivity index is 0. The highest BCUT2D eigenvalue weighted by atomic mass is 14.3. The van der Waals surface area contributed by atoms with Crippen molar-refractivity contribution in [2.45, 2.75) is 205 Å². The van der Waals surface area contributed by atoms with E-state index in [1.54, 1.807) is 77.0 Å². The second-order valence-electron chi connectivity index (χ2n) is 14.2. The van der Waals surface area contributed by atoms with Gasteiger partial charge in [0, 0.05) is 0 Å². The Bertz CT molecular complexity index is 490. The SMILES string of the molecule is C.C.C.C.CCCC1CCC(CC2CCC(C)CC2)CC1.CCCC1CCC(CC2CCC(CC)CC2)CC1. The Morgan fingerprint density at radius 1 is 0.359 bits per heavy atom. The van der Waals surface area contributed by atoms with Gasteiger partial charge in [-0.15, -0.1) is 0 Å². The van der Waals surface area contributed by atoms with Crippen LogP contribution >= 0.6 is 0 Å². The van der Waals surface area contributed by atoms with Crippen molar-refractivity contribution in [2.75, 3.05) is 0 Å². The molecule has 0 heterocycles. The molecular weight excluding hydrogens is 468 g/mol. The van der Waals surface area contributed by atoms with E-state index in [0.717, 1.165) is 47.3 Å². The van der Waals surface area contributed by atoms with Gasteiger partial charge in [0.05, 0.1) is 0 Å². The van der Waals surface area contributed by atoms with E-state index in [0.29, 0.717) is 0 Å². The molecule has 39 heavy (non-hydrogen) atoms. The van der Waals surface area contributed by atoms with Crippen LogP contribution in [-0.2, 0) is 0 Å². The molecule has 0 atom stereocenters. The van der Waals surface area contributed by atoms with E-state index in [2.05, 4.69) is 27.7 Å². The summed E-state index contributed by atoms with van der Waals surface area (Å²) in [5.74, 6) is 8.65. The van der Waals surface area contributed by atoms with Gasteiger partial charge in [-0.3, -0.25) is 0 Å². The van der Waals surface area contributed by atoms with Gasteiger partial charge in [0.1, 0.15) is 0 Å². The van der Waals surface area contributed by atoms with Crippen LogP contribution in [0.2, 0.25) is 0 Å². The van der Waals surface area contributed by atoms with E-state index >= 15 is 0 Å². The van der Waals surface area contributed by atoms with Crippen molar-refractivity contribution in [3.63, 3.8) is 0 Å². The van der Waals surface area contributed by atoms with Crippen LogP contribution in [0.4, 0.5) is 0 Å². The fourth-order valence-corrected chi connectivity index (χ4v) is 8.71. The Morgan fingerprint density at radius 3 is 0.897 bits per heavy atom. The van der Waals surface area contributed by atoms with Crippen molar-refractivity contribution in [1.82, 2.24) is 0 Å². The second kappa shape index (κ2) is 23.6. The molecule has 0 aromatic carbocycles. The minimum absolute atomic E-state index is 0. The van der Waals surface area contributed by atoms with Gasteiger partial charge in [-0.25, -0.2) is 0 Å². The highest BCUT2D eigenvalue weighted by Crippen LogP contribution is 2.40. The second-order valence-corrected chi connectivity index (χ2v) is 14.2. The first-order valence-electron chi connectivity index (χ1n) is 17.1. The number of rotatable bonds is 9. The molecule has 0 aliphatic heterocycles. The standard InChI is InChI=1S/C18H34.C17H32.4CH4/c1-3-5-16-8-12-18(13-9-16)14-17-10-6-15(4-2)7-11-17;1-3-4-15-9-11-17(12-10-15)13-16-7-5-14(2)6-8-16;;;;/h15-18H,3-14H2,1-2H3;14-17H,3-13H2,1-2H3;4*1H4. The molecule has 0 N–H and O–H groups in total. The molecule has 0 aromatic rings. The molecule has 4 aliphatic rings. The average Bonchev–Trinajstić information content (AvgIpc) is 2.89. The summed E-state index contributed by atoms with van der Waals surface area (Å²) in [6.45, 7) is 9.50. The zero-order chi connectivity index (χ0) is 24.9. The van der Waals surface area contributed by atoms with Crippen molar-refractivity contribution in [1.29, 1.82) is 0 Å². The lowest BCUT2D eigenvalue weighted by molar-refractivity contribution is 0.186. The van der Waals surface area contributed by atoms with E-state index in [-0.39, 0.29) is 29.7 Å². The molecule has 0 saturated heterocycles. The lowest BCUT2D eigenvalue weighted by Gasteiger charge is -2.34. The molecule has 0 nitrogen and oxygen atoms in total. The largest absolute Gasteiger partial charge is 0.0776 e. The van der Waals surface area contributed by atoms with Gasteiger partial charge < -0.3 is 0 Å². The van der Waals surface area contributed by atoms with E-state index in [9.17, 15) is 0 Å². The normalized spacial score (nSPS) is 34.5. The van der Waals surface area contributed by atoms with Crippen molar-refractivity contribution >= 4 is 0 Å². The van der Waals surface area contributed by atoms with E-state index < -0.39 is 0 Å². The van der Waals surface area contributed by atoms with Crippen LogP contribution in [0.5, 0.6) is 0 Å². The average molecular weight is 551 g/mol. The Hall–Kier alpha value is 0. The molecule has 0 spiro atoms. The molecule has 0 radical (unpaired) electrons. The van der Waals surface area contributed by atoms with Crippen LogP contribution in [-0.4, -0.2) is 0 Å². The van der Waals surface area contributed by atoms with E-state index in [4.69, 9.17) is 0 Å². The Labute approximate surface area is 252 Å². The van der Waals surface area contributed by atoms with Crippen LogP contribution < -0.4 is 0 Å². The minimum Gasteiger partial charge on any atom is -0.0776 e. The molecule has 0 aromatic heterocycles. The van der Waals surface area contributed by atoms with Gasteiger partial charge in [0.25, 0.3) is 0 Å². The monoisotopic (exact) mass is 551 g/mol. The van der Waals surface area contributed by atoms with Crippen LogP contribution in [0.25, 0.3) is 0 Å². The lowest BCUT2D eigenvalue weighted by Crippen LogP contribution is -2.20. The van der Waals surface area contributed by atoms with Gasteiger partial charge in [0.15, 0.2) is 0 Å². The van der Waals surface area contributed by atoms with E-state index in [1.807, 2.05) is 0 Å². The molecule has 0 heteroatoms. The fourth-order valence-electron chi connectivity index (χ4n) is 8.71. The summed E-state index contributed by atoms with van der Waals surface area (Å²) in [5, 5.41) is 0. The zero-order valence-corrected chi connectivity index (χ0v) is 24.9. The Kier molecular flexibility index (Phi) is 24.8. The Morgan fingerprint density at radius 2 is 0.615 bits per heavy atom. The maximum atomic E-state index is 2.44. The minimum atomic E-state index is 0. The summed E-state index contributed by atoms with van der Waals surface area (Å²) in [6.07, 6.45) is 35.0. The van der Waals surface area contributed by atoms with Crippen molar-refractivity contribution in [2.24, 2.45) is 47.3 Å². The van der Waals surface area contributed by atoms with Crippen molar-refractivity contribution in [3.05, 3.63) is 0 Å². The first-order valence-corrected chi connectivity index (χ1v) is 17.1. The lowest BCUT2D eigenvalue weighted by atomic mass is 9.72. The van der Waals surface area contributed by atoms with Crippen LogP contribution in [0.15, 0.2) is 0 Å². The fraction of sp³-hybridized carbons (Fsp3) is 1.00. The molecule has 4 fully saturated rings. The van der Waals surface area contributed by atoms with Gasteiger partial charge in [-0.1, -0.05) is 192 Å². The van der Waals surface area contributed by atoms with Crippen molar-refractivity contribution < 1.29 is 0 Å². The summed E-state index contributed by atoms with van der Waals surface area (Å²) in [7, 11) is 0. The van der Waals surface area contributed by atoms with Gasteiger partial charge >= 0.3 is 0 Å².